The summed E-state index contributed by atoms with van der Waals surface area (Å²) in [4.78, 5) is 4.57. The van der Waals surface area contributed by atoms with Crippen LogP contribution in [0.15, 0.2) is 30.5 Å². The van der Waals surface area contributed by atoms with Crippen LogP contribution >= 0.6 is 0 Å². The third-order valence-electron chi connectivity index (χ3n) is 3.75. The quantitative estimate of drug-likeness (QED) is 0.918. The molecule has 4 heteroatoms. The van der Waals surface area contributed by atoms with Crippen molar-refractivity contribution < 1.29 is 9.50 Å². The number of fused-ring (bicyclic) bond motifs is 1. The Morgan fingerprint density at radius 3 is 3.00 bits per heavy atom. The molecule has 1 aliphatic rings. The summed E-state index contributed by atoms with van der Waals surface area (Å²) in [5.41, 5.74) is 1.58. The van der Waals surface area contributed by atoms with E-state index in [9.17, 15) is 9.50 Å². The van der Waals surface area contributed by atoms with E-state index in [1.807, 2.05) is 12.3 Å². The first kappa shape index (κ1) is 12.4. The summed E-state index contributed by atoms with van der Waals surface area (Å²) in [6.07, 6.45) is 4.33. The molecule has 100 valence electrons. The maximum absolute atomic E-state index is 13.6. The van der Waals surface area contributed by atoms with Gasteiger partial charge in [0.15, 0.2) is 0 Å². The number of nitrogens with zero attached hydrogens (tertiary/aromatic N) is 2. The van der Waals surface area contributed by atoms with Crippen molar-refractivity contribution >= 4 is 0 Å². The molecule has 1 aliphatic heterocycles. The predicted molar refractivity (Wildman–Crippen MR) is 70.3 cm³/mol. The van der Waals surface area contributed by atoms with Gasteiger partial charge in [-0.15, -0.1) is 0 Å². The van der Waals surface area contributed by atoms with Gasteiger partial charge in [-0.3, -0.25) is 0 Å². The summed E-state index contributed by atoms with van der Waals surface area (Å²) in [6.45, 7) is 1.11. The van der Waals surface area contributed by atoms with E-state index in [1.54, 1.807) is 12.1 Å². The summed E-state index contributed by atoms with van der Waals surface area (Å²) in [5.74, 6) is 1.15. The first-order chi connectivity index (χ1) is 9.26. The smallest absolute Gasteiger partial charge is 0.126 e. The number of aliphatic hydroxyl groups excluding tert-OH is 1. The molecular weight excluding hydrogens is 243 g/mol. The molecule has 0 fully saturated rings. The van der Waals surface area contributed by atoms with Crippen LogP contribution in [0, 0.1) is 11.7 Å². The first-order valence-corrected chi connectivity index (χ1v) is 6.65. The summed E-state index contributed by atoms with van der Waals surface area (Å²) < 4.78 is 15.7. The van der Waals surface area contributed by atoms with Crippen LogP contribution in [0.4, 0.5) is 4.39 Å². The van der Waals surface area contributed by atoms with Gasteiger partial charge in [-0.2, -0.15) is 0 Å². The third-order valence-corrected chi connectivity index (χ3v) is 3.75. The van der Waals surface area contributed by atoms with Gasteiger partial charge < -0.3 is 9.67 Å². The minimum Gasteiger partial charge on any atom is -0.396 e. The average Bonchev–Trinajstić information content (AvgIpc) is 2.82. The standard InChI is InChI=1S/C15H17FN2O/c16-14-4-2-1-3-12(14)8-13-9-18-6-5-11(10-19)7-15(18)17-13/h1-4,9,11,19H,5-8,10H2. The van der Waals surface area contributed by atoms with Gasteiger partial charge in [-0.1, -0.05) is 18.2 Å². The second-order valence-corrected chi connectivity index (χ2v) is 5.15. The van der Waals surface area contributed by atoms with E-state index in [-0.39, 0.29) is 12.4 Å². The molecular formula is C15H17FN2O. The number of rotatable bonds is 3. The Balaban J connectivity index is 1.80. The van der Waals surface area contributed by atoms with Crippen molar-refractivity contribution in [2.75, 3.05) is 6.61 Å². The number of benzene rings is 1. The maximum Gasteiger partial charge on any atom is 0.126 e. The molecule has 0 radical (unpaired) electrons. The number of imidazole rings is 1. The van der Waals surface area contributed by atoms with Gasteiger partial charge in [0.1, 0.15) is 11.6 Å². The molecule has 1 aromatic heterocycles. The maximum atomic E-state index is 13.6. The number of aliphatic hydroxyl groups is 1. The Morgan fingerprint density at radius 1 is 1.37 bits per heavy atom. The number of hydrogen-bond donors (Lipinski definition) is 1. The second-order valence-electron chi connectivity index (χ2n) is 5.15. The predicted octanol–water partition coefficient (Wildman–Crippen LogP) is 2.17. The fraction of sp³-hybridized carbons (Fsp3) is 0.400. The molecule has 0 amide bonds. The lowest BCUT2D eigenvalue weighted by Gasteiger charge is -2.20. The number of aryl methyl sites for hydroxylation is 1. The zero-order chi connectivity index (χ0) is 13.2. The van der Waals surface area contributed by atoms with Crippen molar-refractivity contribution in [2.45, 2.75) is 25.8 Å². The molecule has 0 aliphatic carbocycles. The largest absolute Gasteiger partial charge is 0.396 e. The van der Waals surface area contributed by atoms with E-state index in [0.29, 0.717) is 17.9 Å². The topological polar surface area (TPSA) is 38.0 Å². The normalized spacial score (nSPS) is 18.3. The van der Waals surface area contributed by atoms with Crippen LogP contribution in [0.3, 0.4) is 0 Å². The Hall–Kier alpha value is -1.68. The van der Waals surface area contributed by atoms with Gasteiger partial charge >= 0.3 is 0 Å². The van der Waals surface area contributed by atoms with Crippen LogP contribution in [0.25, 0.3) is 0 Å². The number of aromatic nitrogens is 2. The van der Waals surface area contributed by atoms with Crippen molar-refractivity contribution in [3.8, 4) is 0 Å². The monoisotopic (exact) mass is 260 g/mol. The fourth-order valence-corrected chi connectivity index (χ4v) is 2.63. The molecule has 2 aromatic rings. The van der Waals surface area contributed by atoms with Crippen LogP contribution in [0.2, 0.25) is 0 Å². The lowest BCUT2D eigenvalue weighted by atomic mass is 9.99. The molecule has 0 saturated heterocycles. The second kappa shape index (κ2) is 5.13. The highest BCUT2D eigenvalue weighted by atomic mass is 19.1. The SMILES string of the molecule is OCC1CCn2cc(Cc3ccccc3F)nc2C1. The van der Waals surface area contributed by atoms with Gasteiger partial charge in [-0.25, -0.2) is 9.37 Å². The molecule has 1 unspecified atom stereocenters. The van der Waals surface area contributed by atoms with Gasteiger partial charge in [0, 0.05) is 32.2 Å². The minimum atomic E-state index is -0.179. The number of halogens is 1. The average molecular weight is 260 g/mol. The van der Waals surface area contributed by atoms with Gasteiger partial charge in [0.05, 0.1) is 5.69 Å². The highest BCUT2D eigenvalue weighted by Gasteiger charge is 2.20. The van der Waals surface area contributed by atoms with Gasteiger partial charge in [0.25, 0.3) is 0 Å². The van der Waals surface area contributed by atoms with Crippen molar-refractivity contribution in [1.82, 2.24) is 9.55 Å². The van der Waals surface area contributed by atoms with E-state index >= 15 is 0 Å². The summed E-state index contributed by atoms with van der Waals surface area (Å²) in [7, 11) is 0. The van der Waals surface area contributed by atoms with Crippen LogP contribution in [-0.2, 0) is 19.4 Å². The molecule has 0 saturated carbocycles. The molecule has 19 heavy (non-hydrogen) atoms. The zero-order valence-corrected chi connectivity index (χ0v) is 10.7. The molecule has 2 heterocycles. The molecule has 1 atom stereocenters. The van der Waals surface area contributed by atoms with Gasteiger partial charge in [0.2, 0.25) is 0 Å². The number of hydrogen-bond acceptors (Lipinski definition) is 2. The van der Waals surface area contributed by atoms with Crippen LogP contribution in [0.1, 0.15) is 23.5 Å². The summed E-state index contributed by atoms with van der Waals surface area (Å²) >= 11 is 0. The Kier molecular flexibility index (Phi) is 3.34. The van der Waals surface area contributed by atoms with E-state index < -0.39 is 0 Å². The first-order valence-electron chi connectivity index (χ1n) is 6.65. The Labute approximate surface area is 111 Å². The molecule has 3 rings (SSSR count). The molecule has 0 spiro atoms. The van der Waals surface area contributed by atoms with E-state index in [0.717, 1.165) is 30.9 Å². The van der Waals surface area contributed by atoms with Gasteiger partial charge in [-0.05, 0) is 24.0 Å². The van der Waals surface area contributed by atoms with Crippen molar-refractivity contribution in [1.29, 1.82) is 0 Å². The Bertz CT molecular complexity index is 579. The van der Waals surface area contributed by atoms with E-state index in [1.165, 1.54) is 6.07 Å². The highest BCUT2D eigenvalue weighted by Crippen LogP contribution is 2.21. The van der Waals surface area contributed by atoms with Crippen molar-refractivity contribution in [3.05, 3.63) is 53.4 Å². The highest BCUT2D eigenvalue weighted by molar-refractivity contribution is 5.23. The zero-order valence-electron chi connectivity index (χ0n) is 10.7. The summed E-state index contributed by atoms with van der Waals surface area (Å²) in [6, 6.07) is 6.82. The molecule has 1 aromatic carbocycles. The lowest BCUT2D eigenvalue weighted by molar-refractivity contribution is 0.199. The summed E-state index contributed by atoms with van der Waals surface area (Å²) in [5, 5.41) is 9.21. The lowest BCUT2D eigenvalue weighted by Crippen LogP contribution is -2.21. The third kappa shape index (κ3) is 2.54. The van der Waals surface area contributed by atoms with Crippen LogP contribution in [0.5, 0.6) is 0 Å². The van der Waals surface area contributed by atoms with Crippen molar-refractivity contribution in [3.63, 3.8) is 0 Å². The van der Waals surface area contributed by atoms with Crippen LogP contribution in [-0.4, -0.2) is 21.3 Å². The molecule has 0 bridgehead atoms. The molecule has 3 nitrogen and oxygen atoms in total. The van der Waals surface area contributed by atoms with Crippen molar-refractivity contribution in [2.24, 2.45) is 5.92 Å². The van der Waals surface area contributed by atoms with E-state index in [2.05, 4.69) is 9.55 Å². The van der Waals surface area contributed by atoms with Crippen LogP contribution < -0.4 is 0 Å². The fourth-order valence-electron chi connectivity index (χ4n) is 2.63. The molecule has 1 N–H and O–H groups in total. The minimum absolute atomic E-state index is 0.179. The Morgan fingerprint density at radius 2 is 2.21 bits per heavy atom. The van der Waals surface area contributed by atoms with E-state index in [4.69, 9.17) is 0 Å².